The first-order valence-corrected chi connectivity index (χ1v) is 7.85. The number of amides is 1. The van der Waals surface area contributed by atoms with Crippen molar-refractivity contribution in [2.45, 2.75) is 32.2 Å². The van der Waals surface area contributed by atoms with Crippen molar-refractivity contribution in [3.8, 4) is 0 Å². The van der Waals surface area contributed by atoms with Gasteiger partial charge in [0, 0.05) is 18.4 Å². The Balaban J connectivity index is 1.66. The van der Waals surface area contributed by atoms with Crippen molar-refractivity contribution < 1.29 is 9.53 Å². The molecule has 0 spiro atoms. The van der Waals surface area contributed by atoms with E-state index in [1.54, 1.807) is 6.20 Å². The fourth-order valence-corrected chi connectivity index (χ4v) is 3.13. The molecule has 2 saturated heterocycles. The molecule has 116 valence electrons. The lowest BCUT2D eigenvalue weighted by molar-refractivity contribution is -0.142. The highest BCUT2D eigenvalue weighted by Crippen LogP contribution is 2.22. The van der Waals surface area contributed by atoms with E-state index < -0.39 is 0 Å². The maximum atomic E-state index is 12.6. The summed E-state index contributed by atoms with van der Waals surface area (Å²) in [6, 6.07) is -0.0789. The van der Waals surface area contributed by atoms with Gasteiger partial charge in [-0.3, -0.25) is 9.69 Å². The zero-order valence-corrected chi connectivity index (χ0v) is 12.7. The van der Waals surface area contributed by atoms with Crippen LogP contribution in [0.1, 0.15) is 36.8 Å². The minimum atomic E-state index is -0.0789. The molecule has 0 unspecified atom stereocenters. The van der Waals surface area contributed by atoms with Gasteiger partial charge in [0.05, 0.1) is 19.8 Å². The molecule has 2 aliphatic rings. The number of imidazole rings is 1. The number of likely N-dealkylation sites (tertiary alicyclic amines) is 1. The molecule has 3 heterocycles. The van der Waals surface area contributed by atoms with Gasteiger partial charge >= 0.3 is 0 Å². The molecule has 0 aromatic carbocycles. The zero-order valence-electron chi connectivity index (χ0n) is 12.7. The minimum Gasteiger partial charge on any atom is -0.377 e. The monoisotopic (exact) mass is 292 g/mol. The highest BCUT2D eigenvalue weighted by atomic mass is 16.5. The van der Waals surface area contributed by atoms with Gasteiger partial charge in [-0.1, -0.05) is 6.42 Å². The average molecular weight is 292 g/mol. The molecule has 2 aliphatic heterocycles. The van der Waals surface area contributed by atoms with Crippen LogP contribution in [0.4, 0.5) is 0 Å². The van der Waals surface area contributed by atoms with Crippen LogP contribution in [0, 0.1) is 6.92 Å². The Morgan fingerprint density at radius 2 is 2.19 bits per heavy atom. The Morgan fingerprint density at radius 1 is 1.38 bits per heavy atom. The number of carbonyl (C=O) groups is 1. The fraction of sp³-hybridized carbons (Fsp3) is 0.733. The minimum absolute atomic E-state index is 0.0789. The Kier molecular flexibility index (Phi) is 4.55. The van der Waals surface area contributed by atoms with E-state index in [4.69, 9.17) is 4.74 Å². The van der Waals surface area contributed by atoms with Crippen LogP contribution in [0.3, 0.4) is 0 Å². The van der Waals surface area contributed by atoms with Crippen molar-refractivity contribution in [3.63, 3.8) is 0 Å². The van der Waals surface area contributed by atoms with E-state index in [-0.39, 0.29) is 11.9 Å². The lowest BCUT2D eigenvalue weighted by Gasteiger charge is -2.36. The number of rotatable bonds is 3. The van der Waals surface area contributed by atoms with E-state index in [9.17, 15) is 4.79 Å². The van der Waals surface area contributed by atoms with Gasteiger partial charge in [-0.25, -0.2) is 4.98 Å². The molecule has 1 atom stereocenters. The Bertz CT molecular complexity index is 482. The number of nitrogens with zero attached hydrogens (tertiary/aromatic N) is 3. The number of aromatic amines is 1. The smallest absolute Gasteiger partial charge is 0.237 e. The highest BCUT2D eigenvalue weighted by Gasteiger charge is 2.31. The van der Waals surface area contributed by atoms with E-state index in [0.717, 1.165) is 24.6 Å². The van der Waals surface area contributed by atoms with Crippen LogP contribution < -0.4 is 0 Å². The number of hydrogen-bond donors (Lipinski definition) is 1. The lowest BCUT2D eigenvalue weighted by Crippen LogP contribution is -2.48. The lowest BCUT2D eigenvalue weighted by atomic mass is 10.1. The van der Waals surface area contributed by atoms with Crippen molar-refractivity contribution in [1.29, 1.82) is 0 Å². The molecule has 0 radical (unpaired) electrons. The first kappa shape index (κ1) is 14.5. The second-order valence-corrected chi connectivity index (χ2v) is 5.97. The normalized spacial score (nSPS) is 24.2. The summed E-state index contributed by atoms with van der Waals surface area (Å²) in [6.45, 7) is 6.37. The van der Waals surface area contributed by atoms with Gasteiger partial charge in [0.2, 0.25) is 5.91 Å². The number of hydrogen-bond acceptors (Lipinski definition) is 4. The van der Waals surface area contributed by atoms with Crippen LogP contribution in [-0.4, -0.2) is 65.1 Å². The predicted molar refractivity (Wildman–Crippen MR) is 78.9 cm³/mol. The van der Waals surface area contributed by atoms with E-state index in [1.165, 1.54) is 19.3 Å². The molecule has 2 fully saturated rings. The summed E-state index contributed by atoms with van der Waals surface area (Å²) < 4.78 is 5.55. The highest BCUT2D eigenvalue weighted by molar-refractivity contribution is 5.78. The molecule has 1 amide bonds. The second-order valence-electron chi connectivity index (χ2n) is 5.97. The van der Waals surface area contributed by atoms with Gasteiger partial charge in [-0.2, -0.15) is 0 Å². The Labute approximate surface area is 125 Å². The molecule has 0 bridgehead atoms. The van der Waals surface area contributed by atoms with Crippen molar-refractivity contribution in [3.05, 3.63) is 17.7 Å². The molecule has 6 nitrogen and oxygen atoms in total. The summed E-state index contributed by atoms with van der Waals surface area (Å²) in [5.41, 5.74) is 1.01. The van der Waals surface area contributed by atoms with Gasteiger partial charge in [0.25, 0.3) is 0 Å². The summed E-state index contributed by atoms with van der Waals surface area (Å²) >= 11 is 0. The van der Waals surface area contributed by atoms with Crippen LogP contribution >= 0.6 is 0 Å². The zero-order chi connectivity index (χ0) is 14.7. The van der Waals surface area contributed by atoms with Gasteiger partial charge < -0.3 is 14.6 Å². The number of morpholine rings is 1. The number of aromatic nitrogens is 2. The van der Waals surface area contributed by atoms with Gasteiger partial charge in [0.15, 0.2) is 0 Å². The third kappa shape index (κ3) is 3.44. The van der Waals surface area contributed by atoms with E-state index in [0.29, 0.717) is 26.3 Å². The van der Waals surface area contributed by atoms with E-state index >= 15 is 0 Å². The number of carbonyl (C=O) groups excluding carboxylic acids is 1. The van der Waals surface area contributed by atoms with Crippen LogP contribution in [-0.2, 0) is 9.53 Å². The molecule has 0 aliphatic carbocycles. The first-order chi connectivity index (χ1) is 10.2. The summed E-state index contributed by atoms with van der Waals surface area (Å²) in [4.78, 5) is 24.5. The first-order valence-electron chi connectivity index (χ1n) is 7.85. The second kappa shape index (κ2) is 6.58. The number of ether oxygens (including phenoxy) is 1. The number of nitrogens with one attached hydrogen (secondary N) is 1. The number of H-pyrrole nitrogens is 1. The summed E-state index contributed by atoms with van der Waals surface area (Å²) in [6.07, 6.45) is 5.50. The number of piperidine rings is 1. The van der Waals surface area contributed by atoms with Crippen LogP contribution in [0.2, 0.25) is 0 Å². The molecular weight excluding hydrogens is 268 g/mol. The van der Waals surface area contributed by atoms with E-state index in [2.05, 4.69) is 14.9 Å². The van der Waals surface area contributed by atoms with Crippen LogP contribution in [0.5, 0.6) is 0 Å². The Hall–Kier alpha value is -1.40. The quantitative estimate of drug-likeness (QED) is 0.906. The summed E-state index contributed by atoms with van der Waals surface area (Å²) in [5, 5.41) is 0. The third-order valence-electron chi connectivity index (χ3n) is 4.29. The van der Waals surface area contributed by atoms with Crippen molar-refractivity contribution in [1.82, 2.24) is 19.8 Å². The van der Waals surface area contributed by atoms with Crippen LogP contribution in [0.25, 0.3) is 0 Å². The maximum absolute atomic E-state index is 12.6. The molecule has 1 N–H and O–H groups in total. The van der Waals surface area contributed by atoms with Crippen molar-refractivity contribution >= 4 is 5.91 Å². The molecule has 1 aromatic heterocycles. The van der Waals surface area contributed by atoms with Gasteiger partial charge in [-0.05, 0) is 32.9 Å². The molecule has 21 heavy (non-hydrogen) atoms. The predicted octanol–water partition coefficient (Wildman–Crippen LogP) is 1.10. The maximum Gasteiger partial charge on any atom is 0.237 e. The van der Waals surface area contributed by atoms with Crippen LogP contribution in [0.15, 0.2) is 6.20 Å². The molecule has 0 saturated carbocycles. The van der Waals surface area contributed by atoms with Crippen molar-refractivity contribution in [2.75, 3.05) is 39.4 Å². The fourth-order valence-electron chi connectivity index (χ4n) is 3.13. The molecular formula is C15H24N4O2. The largest absolute Gasteiger partial charge is 0.377 e. The molecule has 6 heteroatoms. The summed E-state index contributed by atoms with van der Waals surface area (Å²) in [5.74, 6) is 1.03. The third-order valence-corrected chi connectivity index (χ3v) is 4.29. The Morgan fingerprint density at radius 3 is 2.90 bits per heavy atom. The standard InChI is InChI=1S/C15H24N4O2/c1-12-9-16-15(17-12)13-11-21-8-7-19(13)14(20)10-18-5-3-2-4-6-18/h9,13H,2-8,10-11H2,1H3,(H,16,17)/t13-/m0/s1. The molecule has 1 aromatic rings. The SMILES string of the molecule is Cc1cnc([C@@H]2COCCN2C(=O)CN2CCCCC2)[nH]1. The topological polar surface area (TPSA) is 61.5 Å². The van der Waals surface area contributed by atoms with Crippen molar-refractivity contribution in [2.24, 2.45) is 0 Å². The molecule has 3 rings (SSSR count). The average Bonchev–Trinajstić information content (AvgIpc) is 2.95. The summed E-state index contributed by atoms with van der Waals surface area (Å²) in [7, 11) is 0. The number of aryl methyl sites for hydroxylation is 1. The van der Waals surface area contributed by atoms with E-state index in [1.807, 2.05) is 11.8 Å². The van der Waals surface area contributed by atoms with Gasteiger partial charge in [0.1, 0.15) is 11.9 Å². The van der Waals surface area contributed by atoms with Gasteiger partial charge in [-0.15, -0.1) is 0 Å².